The van der Waals surface area contributed by atoms with Crippen molar-refractivity contribution in [3.63, 3.8) is 0 Å². The minimum atomic E-state index is -1.10. The summed E-state index contributed by atoms with van der Waals surface area (Å²) in [7, 11) is 0. The Hall–Kier alpha value is -2.58. The number of hydrogen-bond acceptors (Lipinski definition) is 2. The highest BCUT2D eigenvalue weighted by atomic mass is 35.5. The fraction of sp³-hybridized carbons (Fsp3) is 0.296. The Morgan fingerprint density at radius 3 is 2.13 bits per heavy atom. The number of aryl methyl sites for hydroxylation is 1. The molecule has 156 valence electrons. The van der Waals surface area contributed by atoms with E-state index >= 15 is 0 Å². The number of hydrogen-bond donors (Lipinski definition) is 0. The second-order valence-corrected chi connectivity index (χ2v) is 8.09. The van der Waals surface area contributed by atoms with Crippen LogP contribution in [0.5, 0.6) is 0 Å². The highest BCUT2D eigenvalue weighted by molar-refractivity contribution is 6.31. The lowest BCUT2D eigenvalue weighted by molar-refractivity contribution is -0.153. The van der Waals surface area contributed by atoms with E-state index in [9.17, 15) is 4.79 Å². The lowest BCUT2D eigenvalue weighted by Gasteiger charge is -2.36. The molecule has 0 amide bonds. The van der Waals surface area contributed by atoms with Crippen LogP contribution < -0.4 is 0 Å². The van der Waals surface area contributed by atoms with Gasteiger partial charge in [0.15, 0.2) is 5.60 Å². The number of ether oxygens (including phenoxy) is 1. The average molecular weight is 421 g/mol. The van der Waals surface area contributed by atoms with E-state index in [-0.39, 0.29) is 5.97 Å². The van der Waals surface area contributed by atoms with E-state index in [2.05, 4.69) is 6.92 Å². The summed E-state index contributed by atoms with van der Waals surface area (Å²) in [5, 5.41) is 0.570. The van der Waals surface area contributed by atoms with Crippen molar-refractivity contribution in [2.45, 2.75) is 51.6 Å². The number of carbonyl (C=O) groups excluding carboxylic acids is 1. The Balaban J connectivity index is 2.13. The fourth-order valence-corrected chi connectivity index (χ4v) is 4.05. The molecule has 0 radical (unpaired) electrons. The molecule has 0 saturated carbocycles. The molecule has 30 heavy (non-hydrogen) atoms. The molecule has 1 unspecified atom stereocenters. The zero-order chi connectivity index (χ0) is 21.4. The molecule has 0 aromatic heterocycles. The van der Waals surface area contributed by atoms with Crippen molar-refractivity contribution < 1.29 is 9.53 Å². The quantitative estimate of drug-likeness (QED) is 0.204. The second-order valence-electron chi connectivity index (χ2n) is 7.68. The van der Waals surface area contributed by atoms with Crippen LogP contribution in [0.25, 0.3) is 0 Å². The predicted molar refractivity (Wildman–Crippen MR) is 124 cm³/mol. The van der Waals surface area contributed by atoms with Crippen LogP contribution in [0.2, 0.25) is 5.02 Å². The minimum absolute atomic E-state index is 0.213. The van der Waals surface area contributed by atoms with Crippen molar-refractivity contribution in [2.75, 3.05) is 0 Å². The van der Waals surface area contributed by atoms with E-state index in [0.717, 1.165) is 47.9 Å². The van der Waals surface area contributed by atoms with Gasteiger partial charge in [0.1, 0.15) is 0 Å². The van der Waals surface area contributed by atoms with E-state index in [4.69, 9.17) is 16.3 Å². The van der Waals surface area contributed by atoms with Crippen molar-refractivity contribution >= 4 is 17.6 Å². The van der Waals surface area contributed by atoms with Gasteiger partial charge in [-0.25, -0.2) is 0 Å². The highest BCUT2D eigenvalue weighted by Crippen LogP contribution is 2.43. The molecule has 0 fully saturated rings. The van der Waals surface area contributed by atoms with Gasteiger partial charge in [-0.15, -0.1) is 0 Å². The maximum Gasteiger partial charge on any atom is 0.307 e. The van der Waals surface area contributed by atoms with E-state index in [1.54, 1.807) is 0 Å². The smallest absolute Gasteiger partial charge is 0.307 e. The summed E-state index contributed by atoms with van der Waals surface area (Å²) in [5.41, 5.74) is 2.57. The maximum absolute atomic E-state index is 13.1. The summed E-state index contributed by atoms with van der Waals surface area (Å²) in [5.74, 6) is -0.213. The van der Waals surface area contributed by atoms with Gasteiger partial charge in [0.2, 0.25) is 0 Å². The molecule has 3 heteroatoms. The van der Waals surface area contributed by atoms with Crippen LogP contribution in [0.3, 0.4) is 0 Å². The Labute approximate surface area is 184 Å². The Bertz CT molecular complexity index is 950. The predicted octanol–water partition coefficient (Wildman–Crippen LogP) is 7.45. The lowest BCUT2D eigenvalue weighted by atomic mass is 9.79. The highest BCUT2D eigenvalue weighted by Gasteiger charge is 2.41. The molecular formula is C27H29ClO2. The average Bonchev–Trinajstić information content (AvgIpc) is 2.77. The van der Waals surface area contributed by atoms with E-state index in [1.807, 2.05) is 85.8 Å². The van der Waals surface area contributed by atoms with Gasteiger partial charge in [0.05, 0.1) is 0 Å². The third-order valence-corrected chi connectivity index (χ3v) is 5.72. The fourth-order valence-electron chi connectivity index (χ4n) is 3.78. The van der Waals surface area contributed by atoms with Crippen molar-refractivity contribution in [1.29, 1.82) is 0 Å². The van der Waals surface area contributed by atoms with Crippen LogP contribution in [-0.4, -0.2) is 5.97 Å². The molecule has 3 aromatic carbocycles. The Morgan fingerprint density at radius 1 is 0.833 bits per heavy atom. The first kappa shape index (κ1) is 22.1. The van der Waals surface area contributed by atoms with Crippen molar-refractivity contribution in [2.24, 2.45) is 0 Å². The number of unbranched alkanes of at least 4 members (excludes halogenated alkanes) is 3. The largest absolute Gasteiger partial charge is 0.444 e. The first-order valence-electron chi connectivity index (χ1n) is 10.7. The van der Waals surface area contributed by atoms with Gasteiger partial charge in [0.25, 0.3) is 0 Å². The monoisotopic (exact) mass is 420 g/mol. The van der Waals surface area contributed by atoms with Crippen LogP contribution in [0.1, 0.15) is 61.3 Å². The van der Waals surface area contributed by atoms with Gasteiger partial charge in [-0.1, -0.05) is 116 Å². The van der Waals surface area contributed by atoms with E-state index in [0.29, 0.717) is 11.4 Å². The minimum Gasteiger partial charge on any atom is -0.444 e. The maximum atomic E-state index is 13.1. The Morgan fingerprint density at radius 2 is 1.47 bits per heavy atom. The summed E-state index contributed by atoms with van der Waals surface area (Å²) in [6, 6.07) is 25.6. The van der Waals surface area contributed by atoms with Gasteiger partial charge in [0, 0.05) is 28.1 Å². The summed E-state index contributed by atoms with van der Waals surface area (Å²) in [4.78, 5) is 13.1. The molecule has 0 aliphatic carbocycles. The van der Waals surface area contributed by atoms with Gasteiger partial charge in [-0.3, -0.25) is 4.79 Å². The summed E-state index contributed by atoms with van der Waals surface area (Å²) in [6.45, 7) is 4.21. The molecule has 1 atom stereocenters. The number of halogens is 1. The number of benzene rings is 3. The zero-order valence-corrected chi connectivity index (χ0v) is 18.5. The topological polar surface area (TPSA) is 26.3 Å². The molecule has 2 nitrogen and oxygen atoms in total. The number of rotatable bonds is 9. The second kappa shape index (κ2) is 10.4. The number of esters is 1. The third-order valence-electron chi connectivity index (χ3n) is 5.39. The van der Waals surface area contributed by atoms with Gasteiger partial charge >= 0.3 is 5.97 Å². The normalized spacial score (nSPS) is 12.9. The molecule has 0 aliphatic heterocycles. The Kier molecular flexibility index (Phi) is 7.70. The standard InChI is InChI=1S/C27H29ClO2/c1-3-4-5-9-16-26(29)30-27(22-12-7-6-8-13-22,23-19-17-21(2)18-20-23)24-14-10-11-15-25(24)28/h6-8,10-15,17-20H,3-5,9,16H2,1-2H3. The van der Waals surface area contributed by atoms with E-state index in [1.165, 1.54) is 0 Å². The molecule has 0 bridgehead atoms. The van der Waals surface area contributed by atoms with Crippen LogP contribution >= 0.6 is 11.6 Å². The number of carbonyl (C=O) groups is 1. The molecule has 0 N–H and O–H groups in total. The van der Waals surface area contributed by atoms with Crippen molar-refractivity contribution in [1.82, 2.24) is 0 Å². The van der Waals surface area contributed by atoms with Crippen molar-refractivity contribution in [3.05, 3.63) is 106 Å². The van der Waals surface area contributed by atoms with Crippen LogP contribution in [0.15, 0.2) is 78.9 Å². The third kappa shape index (κ3) is 4.94. The molecule has 3 aromatic rings. The summed E-state index contributed by atoms with van der Waals surface area (Å²) >= 11 is 6.68. The van der Waals surface area contributed by atoms with Crippen molar-refractivity contribution in [3.8, 4) is 0 Å². The zero-order valence-electron chi connectivity index (χ0n) is 17.7. The molecule has 0 heterocycles. The molecular weight excluding hydrogens is 392 g/mol. The first-order chi connectivity index (χ1) is 14.6. The SMILES string of the molecule is CCCCCCC(=O)OC(c1ccccc1)(c1ccc(C)cc1)c1ccccc1Cl. The van der Waals surface area contributed by atoms with Crippen LogP contribution in [0, 0.1) is 6.92 Å². The van der Waals surface area contributed by atoms with Gasteiger partial charge in [-0.2, -0.15) is 0 Å². The molecule has 0 spiro atoms. The lowest BCUT2D eigenvalue weighted by Crippen LogP contribution is -2.35. The van der Waals surface area contributed by atoms with Gasteiger partial charge in [-0.05, 0) is 19.4 Å². The molecule has 0 aliphatic rings. The molecule has 3 rings (SSSR count). The summed E-state index contributed by atoms with van der Waals surface area (Å²) < 4.78 is 6.37. The van der Waals surface area contributed by atoms with E-state index < -0.39 is 5.60 Å². The first-order valence-corrected chi connectivity index (χ1v) is 11.0. The van der Waals surface area contributed by atoms with Crippen LogP contribution in [-0.2, 0) is 15.1 Å². The van der Waals surface area contributed by atoms with Gasteiger partial charge < -0.3 is 4.74 Å². The van der Waals surface area contributed by atoms with Crippen LogP contribution in [0.4, 0.5) is 0 Å². The molecule has 0 saturated heterocycles. The summed E-state index contributed by atoms with van der Waals surface area (Å²) in [6.07, 6.45) is 4.50.